The van der Waals surface area contributed by atoms with Crippen molar-refractivity contribution >= 4 is 43.5 Å². The number of nitrogens with zero attached hydrogens (tertiary/aromatic N) is 2. The third-order valence-corrected chi connectivity index (χ3v) is 7.17. The highest BCUT2D eigenvalue weighted by atomic mass is 79.9. The molecule has 190 valence electrons. The van der Waals surface area contributed by atoms with Gasteiger partial charge in [0.25, 0.3) is 0 Å². The van der Waals surface area contributed by atoms with Gasteiger partial charge in [0.2, 0.25) is 21.8 Å². The topological polar surface area (TPSA) is 86.8 Å². The van der Waals surface area contributed by atoms with Crippen LogP contribution in [0.3, 0.4) is 0 Å². The van der Waals surface area contributed by atoms with Gasteiger partial charge in [-0.05, 0) is 41.5 Å². The Bertz CT molecular complexity index is 1320. The predicted molar refractivity (Wildman–Crippen MR) is 141 cm³/mol. The lowest BCUT2D eigenvalue weighted by molar-refractivity contribution is -0.139. The van der Waals surface area contributed by atoms with E-state index in [4.69, 9.17) is 0 Å². The van der Waals surface area contributed by atoms with Gasteiger partial charge in [-0.1, -0.05) is 64.5 Å². The molecular weight excluding hydrogens is 549 g/mol. The second-order valence-corrected chi connectivity index (χ2v) is 11.0. The molecule has 7 nitrogen and oxygen atoms in total. The summed E-state index contributed by atoms with van der Waals surface area (Å²) >= 11 is 3.42. The van der Waals surface area contributed by atoms with Crippen LogP contribution < -0.4 is 9.62 Å². The first-order chi connectivity index (χ1) is 17.1. The number of carbonyl (C=O) groups is 2. The van der Waals surface area contributed by atoms with E-state index in [1.54, 1.807) is 0 Å². The number of carbonyl (C=O) groups excluding carboxylic acids is 2. The SMILES string of the molecule is CNC(=O)[C@H](Cc1ccccc1)N(Cc1cccc(Br)c1)C(=O)CN(c1cccc(F)c1)S(C)(=O)=O. The monoisotopic (exact) mass is 575 g/mol. The van der Waals surface area contributed by atoms with Crippen LogP contribution in [0, 0.1) is 5.82 Å². The minimum atomic E-state index is -3.94. The van der Waals surface area contributed by atoms with E-state index in [1.165, 1.54) is 30.1 Å². The van der Waals surface area contributed by atoms with Crippen LogP contribution in [-0.2, 0) is 32.6 Å². The number of rotatable bonds is 10. The summed E-state index contributed by atoms with van der Waals surface area (Å²) < 4.78 is 40.7. The summed E-state index contributed by atoms with van der Waals surface area (Å²) in [5.74, 6) is -1.63. The lowest BCUT2D eigenvalue weighted by Crippen LogP contribution is -2.52. The predicted octanol–water partition coefficient (Wildman–Crippen LogP) is 3.74. The molecule has 0 aromatic heterocycles. The van der Waals surface area contributed by atoms with Crippen LogP contribution >= 0.6 is 15.9 Å². The van der Waals surface area contributed by atoms with Crippen LogP contribution in [0.4, 0.5) is 10.1 Å². The third kappa shape index (κ3) is 7.38. The van der Waals surface area contributed by atoms with Crippen LogP contribution in [-0.4, -0.2) is 51.0 Å². The molecule has 3 aromatic rings. The number of sulfonamides is 1. The maximum atomic E-state index is 13.9. The summed E-state index contributed by atoms with van der Waals surface area (Å²) in [6.07, 6.45) is 1.17. The van der Waals surface area contributed by atoms with E-state index in [1.807, 2.05) is 54.6 Å². The molecule has 1 N–H and O–H groups in total. The maximum Gasteiger partial charge on any atom is 0.244 e. The maximum absolute atomic E-state index is 13.9. The molecule has 0 aliphatic carbocycles. The van der Waals surface area contributed by atoms with Gasteiger partial charge in [-0.15, -0.1) is 0 Å². The molecule has 0 spiro atoms. The largest absolute Gasteiger partial charge is 0.357 e. The van der Waals surface area contributed by atoms with E-state index in [0.29, 0.717) is 0 Å². The zero-order valence-electron chi connectivity index (χ0n) is 19.9. The highest BCUT2D eigenvalue weighted by molar-refractivity contribution is 9.10. The third-order valence-electron chi connectivity index (χ3n) is 5.53. The van der Waals surface area contributed by atoms with Gasteiger partial charge < -0.3 is 10.2 Å². The molecule has 0 radical (unpaired) electrons. The summed E-state index contributed by atoms with van der Waals surface area (Å²) in [6, 6.07) is 20.6. The fourth-order valence-corrected chi connectivity index (χ4v) is 5.09. The molecule has 0 bridgehead atoms. The fraction of sp³-hybridized carbons (Fsp3) is 0.231. The van der Waals surface area contributed by atoms with Gasteiger partial charge >= 0.3 is 0 Å². The average molecular weight is 576 g/mol. The van der Waals surface area contributed by atoms with Crippen molar-refractivity contribution in [3.05, 3.63) is 100 Å². The van der Waals surface area contributed by atoms with Crippen LogP contribution in [0.25, 0.3) is 0 Å². The lowest BCUT2D eigenvalue weighted by atomic mass is 10.0. The van der Waals surface area contributed by atoms with Crippen LogP contribution in [0.5, 0.6) is 0 Å². The molecule has 0 fully saturated rings. The highest BCUT2D eigenvalue weighted by Gasteiger charge is 2.32. The smallest absolute Gasteiger partial charge is 0.244 e. The number of hydrogen-bond donors (Lipinski definition) is 1. The molecule has 1 atom stereocenters. The standard InChI is InChI=1S/C26H27BrFN3O4S/c1-29-26(33)24(15-19-8-4-3-5-9-19)30(17-20-10-6-11-21(27)14-20)25(32)18-31(36(2,34)35)23-13-7-12-22(28)16-23/h3-14,16,24H,15,17-18H2,1-2H3,(H,29,33)/t24-/m0/s1. The molecule has 36 heavy (non-hydrogen) atoms. The van der Waals surface area contributed by atoms with Gasteiger partial charge in [-0.2, -0.15) is 0 Å². The first-order valence-corrected chi connectivity index (χ1v) is 13.8. The molecule has 2 amide bonds. The van der Waals surface area contributed by atoms with Crippen LogP contribution in [0.15, 0.2) is 83.3 Å². The molecular formula is C26H27BrFN3O4S. The van der Waals surface area contributed by atoms with E-state index in [-0.39, 0.29) is 24.6 Å². The Balaban J connectivity index is 2.03. The first-order valence-electron chi connectivity index (χ1n) is 11.1. The van der Waals surface area contributed by atoms with Crippen molar-refractivity contribution in [2.45, 2.75) is 19.0 Å². The Morgan fingerprint density at radius 3 is 2.25 bits per heavy atom. The van der Waals surface area contributed by atoms with E-state index in [9.17, 15) is 22.4 Å². The van der Waals surface area contributed by atoms with E-state index in [0.717, 1.165) is 32.2 Å². The zero-order chi connectivity index (χ0) is 26.3. The summed E-state index contributed by atoms with van der Waals surface area (Å²) in [5, 5.41) is 2.62. The van der Waals surface area contributed by atoms with Crippen LogP contribution in [0.1, 0.15) is 11.1 Å². The molecule has 0 unspecified atom stereocenters. The van der Waals surface area contributed by atoms with Crippen molar-refractivity contribution in [2.24, 2.45) is 0 Å². The Morgan fingerprint density at radius 1 is 0.972 bits per heavy atom. The van der Waals surface area contributed by atoms with Crippen molar-refractivity contribution in [3.63, 3.8) is 0 Å². The number of halogens is 2. The number of benzene rings is 3. The van der Waals surface area contributed by atoms with Gasteiger partial charge in [0, 0.05) is 24.5 Å². The van der Waals surface area contributed by atoms with E-state index < -0.39 is 34.3 Å². The van der Waals surface area contributed by atoms with E-state index in [2.05, 4.69) is 21.2 Å². The van der Waals surface area contributed by atoms with E-state index >= 15 is 0 Å². The number of likely N-dealkylation sites (N-methyl/N-ethyl adjacent to an activating group) is 1. The van der Waals surface area contributed by atoms with Gasteiger partial charge in [0.15, 0.2) is 0 Å². The number of anilines is 1. The molecule has 3 aromatic carbocycles. The molecule has 0 heterocycles. The second-order valence-electron chi connectivity index (χ2n) is 8.22. The number of nitrogens with one attached hydrogen (secondary N) is 1. The Morgan fingerprint density at radius 2 is 1.64 bits per heavy atom. The minimum absolute atomic E-state index is 0.0211. The number of amides is 2. The molecule has 3 rings (SSSR count). The van der Waals surface area contributed by atoms with Gasteiger partial charge in [-0.3, -0.25) is 13.9 Å². The first kappa shape index (κ1) is 27.3. The highest BCUT2D eigenvalue weighted by Crippen LogP contribution is 2.22. The summed E-state index contributed by atoms with van der Waals surface area (Å²) in [7, 11) is -2.46. The summed E-state index contributed by atoms with van der Waals surface area (Å²) in [6.45, 7) is -0.539. The van der Waals surface area contributed by atoms with Crippen molar-refractivity contribution in [1.82, 2.24) is 10.2 Å². The summed E-state index contributed by atoms with van der Waals surface area (Å²) in [5.41, 5.74) is 1.60. The Labute approximate surface area is 219 Å². The minimum Gasteiger partial charge on any atom is -0.357 e. The molecule has 0 saturated heterocycles. The van der Waals surface area contributed by atoms with Crippen molar-refractivity contribution in [1.29, 1.82) is 0 Å². The fourth-order valence-electron chi connectivity index (χ4n) is 3.80. The quantitative estimate of drug-likeness (QED) is 0.399. The number of hydrogen-bond acceptors (Lipinski definition) is 4. The van der Waals surface area contributed by atoms with Crippen molar-refractivity contribution in [3.8, 4) is 0 Å². The summed E-state index contributed by atoms with van der Waals surface area (Å²) in [4.78, 5) is 28.1. The van der Waals surface area contributed by atoms with Gasteiger partial charge in [0.05, 0.1) is 11.9 Å². The normalized spacial score (nSPS) is 12.0. The van der Waals surface area contributed by atoms with Gasteiger partial charge in [0.1, 0.15) is 18.4 Å². The van der Waals surface area contributed by atoms with Crippen LogP contribution in [0.2, 0.25) is 0 Å². The zero-order valence-corrected chi connectivity index (χ0v) is 22.3. The Hall–Kier alpha value is -3.24. The second kappa shape index (κ2) is 12.1. The van der Waals surface area contributed by atoms with Gasteiger partial charge in [-0.25, -0.2) is 12.8 Å². The molecule has 10 heteroatoms. The molecule has 0 saturated carbocycles. The van der Waals surface area contributed by atoms with Crippen molar-refractivity contribution in [2.75, 3.05) is 24.2 Å². The lowest BCUT2D eigenvalue weighted by Gasteiger charge is -2.33. The average Bonchev–Trinajstić information content (AvgIpc) is 2.84. The van der Waals surface area contributed by atoms with Crippen molar-refractivity contribution < 1.29 is 22.4 Å². The molecule has 0 aliphatic rings. The Kier molecular flexibility index (Phi) is 9.22. The molecule has 0 aliphatic heterocycles.